The minimum atomic E-state index is -0.765. The number of unbranched alkanes of at least 4 members (excludes halogenated alkanes) is 3. The molecule has 0 saturated heterocycles. The summed E-state index contributed by atoms with van der Waals surface area (Å²) >= 11 is 0. The van der Waals surface area contributed by atoms with E-state index in [1.807, 2.05) is 37.4 Å². The van der Waals surface area contributed by atoms with Crippen molar-refractivity contribution in [2.24, 2.45) is 5.73 Å². The second-order valence-corrected chi connectivity index (χ2v) is 5.81. The van der Waals surface area contributed by atoms with Gasteiger partial charge in [-0.3, -0.25) is 0 Å². The Morgan fingerprint density at radius 1 is 1.26 bits per heavy atom. The number of ether oxygens (including phenoxy) is 1. The summed E-state index contributed by atoms with van der Waals surface area (Å²) in [4.78, 5) is 18.8. The maximum Gasteiger partial charge on any atom is 0.405 e. The lowest BCUT2D eigenvalue weighted by molar-refractivity contribution is 0.0947. The average molecular weight is 315 g/mol. The standard InChI is InChI=1S/C18H25N3O2/c1-3-4-5-6-7-16(23-18(19)22)17-20-12-15(21-17)14-10-8-13(2)9-11-14/h8-12,16H,3-7H2,1-2H3,(H2,19,22)(H,20,21). The predicted octanol–water partition coefficient (Wildman–Crippen LogP) is 4.49. The molecule has 0 saturated carbocycles. The van der Waals surface area contributed by atoms with Crippen molar-refractivity contribution in [1.82, 2.24) is 9.97 Å². The van der Waals surface area contributed by atoms with Crippen LogP contribution in [0.25, 0.3) is 11.3 Å². The number of amides is 1. The SMILES string of the molecule is CCCCCCC(OC(N)=O)c1nc(-c2ccc(C)cc2)c[nH]1. The van der Waals surface area contributed by atoms with Gasteiger partial charge in [-0.1, -0.05) is 56.0 Å². The molecule has 5 heteroatoms. The van der Waals surface area contributed by atoms with Gasteiger partial charge in [-0.2, -0.15) is 0 Å². The molecule has 23 heavy (non-hydrogen) atoms. The number of nitrogens with two attached hydrogens (primary N) is 1. The predicted molar refractivity (Wildman–Crippen MR) is 90.9 cm³/mol. The number of hydrogen-bond acceptors (Lipinski definition) is 3. The molecule has 124 valence electrons. The minimum Gasteiger partial charge on any atom is -0.438 e. The van der Waals surface area contributed by atoms with Gasteiger partial charge in [-0.25, -0.2) is 9.78 Å². The molecule has 1 heterocycles. The molecule has 2 rings (SSSR count). The Labute approximate surface area is 137 Å². The Morgan fingerprint density at radius 3 is 2.65 bits per heavy atom. The first-order chi connectivity index (χ1) is 11.1. The van der Waals surface area contributed by atoms with Crippen LogP contribution in [0.3, 0.4) is 0 Å². The lowest BCUT2D eigenvalue weighted by Crippen LogP contribution is -2.18. The van der Waals surface area contributed by atoms with Crippen LogP contribution >= 0.6 is 0 Å². The van der Waals surface area contributed by atoms with Gasteiger partial charge in [-0.15, -0.1) is 0 Å². The summed E-state index contributed by atoms with van der Waals surface area (Å²) < 4.78 is 5.23. The van der Waals surface area contributed by atoms with Gasteiger partial charge in [0.05, 0.1) is 5.69 Å². The summed E-state index contributed by atoms with van der Waals surface area (Å²) in [6.07, 6.45) is 5.82. The molecule has 3 N–H and O–H groups in total. The molecule has 0 radical (unpaired) electrons. The molecule has 0 aliphatic carbocycles. The van der Waals surface area contributed by atoms with Gasteiger partial charge < -0.3 is 15.5 Å². The van der Waals surface area contributed by atoms with E-state index in [-0.39, 0.29) is 0 Å². The lowest BCUT2D eigenvalue weighted by Gasteiger charge is -2.14. The van der Waals surface area contributed by atoms with Gasteiger partial charge >= 0.3 is 6.09 Å². The van der Waals surface area contributed by atoms with Gasteiger partial charge in [0.15, 0.2) is 6.10 Å². The first kappa shape index (κ1) is 17.1. The van der Waals surface area contributed by atoms with Crippen molar-refractivity contribution >= 4 is 6.09 Å². The number of rotatable bonds is 8. The maximum atomic E-state index is 11.1. The molecule has 0 bridgehead atoms. The van der Waals surface area contributed by atoms with E-state index in [1.54, 1.807) is 0 Å². The smallest absolute Gasteiger partial charge is 0.405 e. The lowest BCUT2D eigenvalue weighted by atomic mass is 10.1. The van der Waals surface area contributed by atoms with Crippen molar-refractivity contribution in [3.05, 3.63) is 41.9 Å². The number of hydrogen-bond donors (Lipinski definition) is 2. The third-order valence-electron chi connectivity index (χ3n) is 3.83. The van der Waals surface area contributed by atoms with Crippen LogP contribution in [0, 0.1) is 6.92 Å². The van der Waals surface area contributed by atoms with Gasteiger partial charge in [0, 0.05) is 11.8 Å². The van der Waals surface area contributed by atoms with Gasteiger partial charge in [-0.05, 0) is 19.8 Å². The van der Waals surface area contributed by atoms with Crippen LogP contribution in [0.2, 0.25) is 0 Å². The Morgan fingerprint density at radius 2 is 2.00 bits per heavy atom. The van der Waals surface area contributed by atoms with Crippen LogP contribution in [0.15, 0.2) is 30.5 Å². The van der Waals surface area contributed by atoms with Gasteiger partial charge in [0.25, 0.3) is 0 Å². The highest BCUT2D eigenvalue weighted by molar-refractivity contribution is 5.65. The molecule has 0 fully saturated rings. The van der Waals surface area contributed by atoms with E-state index in [2.05, 4.69) is 16.9 Å². The molecule has 1 aromatic carbocycles. The van der Waals surface area contributed by atoms with Crippen molar-refractivity contribution in [2.75, 3.05) is 0 Å². The van der Waals surface area contributed by atoms with Crippen molar-refractivity contribution < 1.29 is 9.53 Å². The molecule has 1 atom stereocenters. The number of aromatic nitrogens is 2. The van der Waals surface area contributed by atoms with E-state index in [4.69, 9.17) is 10.5 Å². The number of carbonyl (C=O) groups is 1. The zero-order valence-electron chi connectivity index (χ0n) is 13.8. The molecule has 5 nitrogen and oxygen atoms in total. The van der Waals surface area contributed by atoms with Crippen LogP contribution in [0.1, 0.15) is 56.5 Å². The zero-order valence-corrected chi connectivity index (χ0v) is 13.8. The van der Waals surface area contributed by atoms with Crippen LogP contribution in [-0.2, 0) is 4.74 Å². The van der Waals surface area contributed by atoms with Crippen molar-refractivity contribution in [3.8, 4) is 11.3 Å². The fourth-order valence-electron chi connectivity index (χ4n) is 2.52. The van der Waals surface area contributed by atoms with Gasteiger partial charge in [0.2, 0.25) is 0 Å². The highest BCUT2D eigenvalue weighted by Crippen LogP contribution is 2.25. The van der Waals surface area contributed by atoms with Crippen molar-refractivity contribution in [2.45, 2.75) is 52.1 Å². The minimum absolute atomic E-state index is 0.413. The number of imidazole rings is 1. The Kier molecular flexibility index (Phi) is 6.20. The summed E-state index contributed by atoms with van der Waals surface area (Å²) in [5.41, 5.74) is 8.27. The number of nitrogens with one attached hydrogen (secondary N) is 1. The fraction of sp³-hybridized carbons (Fsp3) is 0.444. The van der Waals surface area contributed by atoms with E-state index in [0.717, 1.165) is 30.5 Å². The largest absolute Gasteiger partial charge is 0.438 e. The van der Waals surface area contributed by atoms with Gasteiger partial charge in [0.1, 0.15) is 5.82 Å². The number of carbonyl (C=O) groups excluding carboxylic acids is 1. The third-order valence-corrected chi connectivity index (χ3v) is 3.83. The number of benzene rings is 1. The highest BCUT2D eigenvalue weighted by Gasteiger charge is 2.19. The number of nitrogens with zero attached hydrogens (tertiary/aromatic N) is 1. The van der Waals surface area contributed by atoms with E-state index >= 15 is 0 Å². The monoisotopic (exact) mass is 315 g/mol. The molecule has 0 aliphatic heterocycles. The fourth-order valence-corrected chi connectivity index (χ4v) is 2.52. The second kappa shape index (κ2) is 8.36. The molecule has 1 aromatic heterocycles. The maximum absolute atomic E-state index is 11.1. The molecule has 1 unspecified atom stereocenters. The summed E-state index contributed by atoms with van der Waals surface area (Å²) in [5, 5.41) is 0. The topological polar surface area (TPSA) is 81.0 Å². The molecule has 2 aromatic rings. The summed E-state index contributed by atoms with van der Waals surface area (Å²) in [6.45, 7) is 4.21. The highest BCUT2D eigenvalue weighted by atomic mass is 16.6. The van der Waals surface area contributed by atoms with Crippen LogP contribution in [0.4, 0.5) is 4.79 Å². The zero-order chi connectivity index (χ0) is 16.7. The van der Waals surface area contributed by atoms with Crippen molar-refractivity contribution in [1.29, 1.82) is 0 Å². The third kappa shape index (κ3) is 5.13. The van der Waals surface area contributed by atoms with Crippen LogP contribution in [0.5, 0.6) is 0 Å². The molecule has 1 amide bonds. The summed E-state index contributed by atoms with van der Waals surface area (Å²) in [7, 11) is 0. The number of H-pyrrole nitrogens is 1. The van der Waals surface area contributed by atoms with E-state index in [0.29, 0.717) is 5.82 Å². The first-order valence-corrected chi connectivity index (χ1v) is 8.18. The molecular formula is C18H25N3O2. The molecule has 0 spiro atoms. The summed E-state index contributed by atoms with van der Waals surface area (Å²) in [5.74, 6) is 0.649. The Balaban J connectivity index is 2.09. The van der Waals surface area contributed by atoms with E-state index in [9.17, 15) is 4.79 Å². The number of primary amides is 1. The Bertz CT molecular complexity index is 619. The first-order valence-electron chi connectivity index (χ1n) is 8.18. The quantitative estimate of drug-likeness (QED) is 0.704. The average Bonchev–Trinajstić information content (AvgIpc) is 3.00. The van der Waals surface area contributed by atoms with Crippen LogP contribution in [-0.4, -0.2) is 16.1 Å². The number of aryl methyl sites for hydroxylation is 1. The second-order valence-electron chi connectivity index (χ2n) is 5.81. The number of aromatic amines is 1. The molecule has 0 aliphatic rings. The molecular weight excluding hydrogens is 290 g/mol. The van der Waals surface area contributed by atoms with Crippen molar-refractivity contribution in [3.63, 3.8) is 0 Å². The van der Waals surface area contributed by atoms with E-state index < -0.39 is 12.2 Å². The van der Waals surface area contributed by atoms with E-state index in [1.165, 1.54) is 18.4 Å². The Hall–Kier alpha value is -2.30. The normalized spacial score (nSPS) is 12.1. The van der Waals surface area contributed by atoms with Crippen LogP contribution < -0.4 is 5.73 Å². The summed E-state index contributed by atoms with van der Waals surface area (Å²) in [6, 6.07) is 8.15.